The number of nitrogens with one attached hydrogen (secondary N) is 1. The Morgan fingerprint density at radius 2 is 1.68 bits per heavy atom. The molecule has 1 N–H and O–H groups in total. The summed E-state index contributed by atoms with van der Waals surface area (Å²) in [5, 5.41) is 2.76. The van der Waals surface area contributed by atoms with Crippen molar-refractivity contribution < 1.29 is 31.2 Å². The first kappa shape index (κ1) is 25.1. The van der Waals surface area contributed by atoms with E-state index in [9.17, 15) is 31.2 Å². The van der Waals surface area contributed by atoms with Gasteiger partial charge in [-0.2, -0.15) is 17.5 Å². The number of hydrogen-bond donors (Lipinski definition) is 1. The summed E-state index contributed by atoms with van der Waals surface area (Å²) in [5.41, 5.74) is -1.65. The van der Waals surface area contributed by atoms with Crippen LogP contribution in [0.25, 0.3) is 0 Å². The highest BCUT2D eigenvalue weighted by Crippen LogP contribution is 2.36. The molecule has 7 nitrogen and oxygen atoms in total. The quantitative estimate of drug-likeness (QED) is 0.727. The number of piperidine rings is 1. The number of carbonyl (C=O) groups excluding carboxylic acids is 2. The Morgan fingerprint density at radius 1 is 1.13 bits per heavy atom. The van der Waals surface area contributed by atoms with Crippen molar-refractivity contribution in [2.45, 2.75) is 50.2 Å². The molecule has 0 radical (unpaired) electrons. The van der Waals surface area contributed by atoms with Crippen LogP contribution in [0.4, 0.5) is 13.2 Å². The van der Waals surface area contributed by atoms with Crippen molar-refractivity contribution in [3.8, 4) is 0 Å². The maximum Gasteiger partial charge on any atom is 0.417 e. The molecule has 0 atom stereocenters. The number of benzene rings is 1. The Kier molecular flexibility index (Phi) is 7.42. The van der Waals surface area contributed by atoms with Gasteiger partial charge in [-0.15, -0.1) is 0 Å². The minimum Gasteiger partial charge on any atom is -0.350 e. The van der Waals surface area contributed by atoms with Crippen molar-refractivity contribution in [3.63, 3.8) is 0 Å². The zero-order valence-corrected chi connectivity index (χ0v) is 18.8. The molecule has 2 amide bonds. The Morgan fingerprint density at radius 3 is 2.19 bits per heavy atom. The van der Waals surface area contributed by atoms with Crippen LogP contribution < -0.4 is 5.32 Å². The molecule has 11 heteroatoms. The summed E-state index contributed by atoms with van der Waals surface area (Å²) < 4.78 is 66.4. The van der Waals surface area contributed by atoms with Gasteiger partial charge < -0.3 is 10.2 Å². The van der Waals surface area contributed by atoms with Crippen LogP contribution >= 0.6 is 0 Å². The van der Waals surface area contributed by atoms with Gasteiger partial charge in [-0.1, -0.05) is 12.1 Å². The van der Waals surface area contributed by atoms with E-state index in [1.54, 1.807) is 0 Å². The van der Waals surface area contributed by atoms with Gasteiger partial charge in [0, 0.05) is 31.6 Å². The molecule has 0 aliphatic carbocycles. The van der Waals surface area contributed by atoms with Crippen LogP contribution in [-0.4, -0.2) is 61.7 Å². The second kappa shape index (κ2) is 9.15. The Hall–Kier alpha value is -2.14. The van der Waals surface area contributed by atoms with Crippen LogP contribution in [0.5, 0.6) is 0 Å². The summed E-state index contributed by atoms with van der Waals surface area (Å²) in [6.07, 6.45) is -4.47. The average molecular weight is 464 g/mol. The van der Waals surface area contributed by atoms with E-state index in [2.05, 4.69) is 5.32 Å². The molecule has 31 heavy (non-hydrogen) atoms. The summed E-state index contributed by atoms with van der Waals surface area (Å²) >= 11 is 0. The molecule has 1 fully saturated rings. The van der Waals surface area contributed by atoms with Crippen LogP contribution in [-0.2, 0) is 25.8 Å². The van der Waals surface area contributed by atoms with E-state index in [0.717, 1.165) is 22.5 Å². The van der Waals surface area contributed by atoms with Gasteiger partial charge in [-0.3, -0.25) is 9.59 Å². The zero-order valence-electron chi connectivity index (χ0n) is 18.0. The van der Waals surface area contributed by atoms with Crippen LogP contribution in [0.3, 0.4) is 0 Å². The van der Waals surface area contributed by atoms with Gasteiger partial charge in [-0.25, -0.2) is 8.42 Å². The van der Waals surface area contributed by atoms with E-state index in [0.29, 0.717) is 0 Å². The maximum atomic E-state index is 13.2. The normalized spacial score (nSPS) is 16.7. The molecule has 1 aliphatic heterocycles. The fraction of sp³-hybridized carbons (Fsp3) is 0.600. The molecule has 1 saturated heterocycles. The van der Waals surface area contributed by atoms with E-state index in [1.807, 2.05) is 20.8 Å². The van der Waals surface area contributed by atoms with Gasteiger partial charge in [0.15, 0.2) is 0 Å². The minimum atomic E-state index is -4.80. The third-order valence-corrected chi connectivity index (χ3v) is 6.84. The van der Waals surface area contributed by atoms with E-state index >= 15 is 0 Å². The van der Waals surface area contributed by atoms with E-state index < -0.39 is 38.1 Å². The van der Waals surface area contributed by atoms with Crippen molar-refractivity contribution in [1.82, 2.24) is 14.5 Å². The number of alkyl halides is 3. The van der Waals surface area contributed by atoms with Crippen molar-refractivity contribution in [1.29, 1.82) is 0 Å². The number of halogens is 3. The Labute approximate surface area is 180 Å². The average Bonchev–Trinajstić information content (AvgIpc) is 2.65. The third kappa shape index (κ3) is 6.42. The summed E-state index contributed by atoms with van der Waals surface area (Å²) in [6.45, 7) is 5.17. The number of nitrogens with zero attached hydrogens (tertiary/aromatic N) is 2. The fourth-order valence-corrected chi connectivity index (χ4v) is 5.15. The van der Waals surface area contributed by atoms with Crippen LogP contribution in [0.1, 0.15) is 39.2 Å². The topological polar surface area (TPSA) is 86.8 Å². The highest BCUT2D eigenvalue weighted by molar-refractivity contribution is 7.89. The maximum absolute atomic E-state index is 13.2. The highest BCUT2D eigenvalue weighted by Gasteiger charge is 2.40. The van der Waals surface area contributed by atoms with Crippen LogP contribution in [0.15, 0.2) is 29.2 Å². The second-order valence-corrected chi connectivity index (χ2v) is 10.6. The summed E-state index contributed by atoms with van der Waals surface area (Å²) in [5.74, 6) is -1.11. The molecule has 1 aromatic rings. The lowest BCUT2D eigenvalue weighted by Crippen LogP contribution is -2.48. The second-order valence-electron chi connectivity index (χ2n) is 8.66. The minimum absolute atomic E-state index is 0.0764. The Bertz CT molecular complexity index is 918. The first-order valence-corrected chi connectivity index (χ1v) is 11.3. The lowest BCUT2D eigenvalue weighted by Gasteiger charge is -2.33. The first-order valence-electron chi connectivity index (χ1n) is 9.85. The predicted octanol–water partition coefficient (Wildman–Crippen LogP) is 2.48. The smallest absolute Gasteiger partial charge is 0.350 e. The number of amides is 2. The number of rotatable bonds is 5. The molecule has 2 rings (SSSR count). The molecule has 1 aliphatic rings. The zero-order chi connectivity index (χ0) is 23.6. The lowest BCUT2D eigenvalue weighted by molar-refractivity contribution is -0.140. The molecular formula is C20H28F3N3O4S. The largest absolute Gasteiger partial charge is 0.417 e. The fourth-order valence-electron chi connectivity index (χ4n) is 3.47. The number of likely N-dealkylation sites (N-methyl/N-ethyl adjacent to an activating group) is 1. The van der Waals surface area contributed by atoms with Crippen molar-refractivity contribution in [3.05, 3.63) is 29.8 Å². The van der Waals surface area contributed by atoms with Crippen molar-refractivity contribution >= 4 is 21.8 Å². The molecule has 1 aromatic carbocycles. The summed E-state index contributed by atoms with van der Waals surface area (Å²) in [6, 6.07) is 4.06. The van der Waals surface area contributed by atoms with Crippen molar-refractivity contribution in [2.24, 2.45) is 5.92 Å². The molecule has 0 aromatic heterocycles. The molecule has 0 bridgehead atoms. The van der Waals surface area contributed by atoms with Gasteiger partial charge in [0.05, 0.1) is 17.0 Å². The molecule has 1 heterocycles. The highest BCUT2D eigenvalue weighted by atomic mass is 32.2. The molecule has 174 valence electrons. The van der Waals surface area contributed by atoms with Gasteiger partial charge in [-0.05, 0) is 45.7 Å². The van der Waals surface area contributed by atoms with Crippen LogP contribution in [0, 0.1) is 5.92 Å². The molecule has 0 unspecified atom stereocenters. The lowest BCUT2D eigenvalue weighted by atomic mass is 9.96. The number of carbonyl (C=O) groups is 2. The molecule has 0 saturated carbocycles. The molecular weight excluding hydrogens is 435 g/mol. The van der Waals surface area contributed by atoms with Gasteiger partial charge in [0.1, 0.15) is 0 Å². The Balaban J connectivity index is 2.04. The van der Waals surface area contributed by atoms with Gasteiger partial charge in [0.2, 0.25) is 21.8 Å². The van der Waals surface area contributed by atoms with E-state index in [4.69, 9.17) is 0 Å². The van der Waals surface area contributed by atoms with Gasteiger partial charge >= 0.3 is 6.18 Å². The predicted molar refractivity (Wildman–Crippen MR) is 108 cm³/mol. The van der Waals surface area contributed by atoms with Crippen molar-refractivity contribution in [2.75, 3.05) is 26.7 Å². The standard InChI is InChI=1S/C20H28F3N3O4S/c1-19(2,3)24-17(27)13-25(4)18(28)14-9-11-26(12-10-14)31(29,30)16-8-6-5-7-15(16)20(21,22)23/h5-8,14H,9-13H2,1-4H3,(H,24,27). The number of sulfonamides is 1. The number of hydrogen-bond acceptors (Lipinski definition) is 4. The van der Waals surface area contributed by atoms with E-state index in [-0.39, 0.29) is 44.3 Å². The monoisotopic (exact) mass is 463 g/mol. The first-order chi connectivity index (χ1) is 14.1. The van der Waals surface area contributed by atoms with E-state index in [1.165, 1.54) is 18.0 Å². The summed E-state index contributed by atoms with van der Waals surface area (Å²) in [4.78, 5) is 25.2. The molecule has 0 spiro atoms. The summed E-state index contributed by atoms with van der Waals surface area (Å²) in [7, 11) is -2.87. The van der Waals surface area contributed by atoms with Gasteiger partial charge in [0.25, 0.3) is 0 Å². The van der Waals surface area contributed by atoms with Crippen LogP contribution in [0.2, 0.25) is 0 Å². The third-order valence-electron chi connectivity index (χ3n) is 4.88. The SMILES string of the molecule is CN(CC(=O)NC(C)(C)C)C(=O)C1CCN(S(=O)(=O)c2ccccc2C(F)(F)F)CC1.